The highest BCUT2D eigenvalue weighted by molar-refractivity contribution is 5.72. The zero-order chi connectivity index (χ0) is 17.6. The Hall–Kier alpha value is -3.52. The van der Waals surface area contributed by atoms with Crippen LogP contribution in [0.4, 0.5) is 22.7 Å². The maximum Gasteiger partial charge on any atom is 0.0390 e. The highest BCUT2D eigenvalue weighted by Crippen LogP contribution is 2.26. The molecule has 0 aliphatic rings. The summed E-state index contributed by atoms with van der Waals surface area (Å²) >= 11 is 0. The minimum atomic E-state index is 1.08. The average Bonchev–Trinajstić information content (AvgIpc) is 2.70. The number of para-hydroxylation sites is 2. The average molecular weight is 336 g/mol. The first-order valence-electron chi connectivity index (χ1n) is 8.71. The second kappa shape index (κ2) is 7.58. The van der Waals surface area contributed by atoms with Gasteiger partial charge in [0.05, 0.1) is 0 Å². The number of hydrogen-bond donors (Lipinski definition) is 2. The van der Waals surface area contributed by atoms with E-state index in [9.17, 15) is 0 Å². The molecule has 2 N–H and O–H groups in total. The minimum absolute atomic E-state index is 1.08. The van der Waals surface area contributed by atoms with Gasteiger partial charge in [-0.2, -0.15) is 0 Å². The number of anilines is 4. The largest absolute Gasteiger partial charge is 0.356 e. The van der Waals surface area contributed by atoms with Crippen molar-refractivity contribution >= 4 is 22.7 Å². The van der Waals surface area contributed by atoms with Gasteiger partial charge in [-0.3, -0.25) is 0 Å². The lowest BCUT2D eigenvalue weighted by Gasteiger charge is -2.10. The van der Waals surface area contributed by atoms with E-state index in [-0.39, 0.29) is 0 Å². The SMILES string of the molecule is c1ccc(Nc2ccc(-c3cccc(Nc4ccccc4)c3)cc2)cc1. The Morgan fingerprint density at radius 3 is 1.46 bits per heavy atom. The van der Waals surface area contributed by atoms with E-state index >= 15 is 0 Å². The summed E-state index contributed by atoms with van der Waals surface area (Å²) in [6, 6.07) is 37.4. The summed E-state index contributed by atoms with van der Waals surface area (Å²) in [5.74, 6) is 0. The van der Waals surface area contributed by atoms with E-state index in [2.05, 4.69) is 83.4 Å². The first-order chi connectivity index (χ1) is 12.9. The third kappa shape index (κ3) is 3.93. The summed E-state index contributed by atoms with van der Waals surface area (Å²) in [5.41, 5.74) is 6.73. The summed E-state index contributed by atoms with van der Waals surface area (Å²) < 4.78 is 0. The first kappa shape index (κ1) is 16.0. The van der Waals surface area contributed by atoms with Crippen LogP contribution in [0.15, 0.2) is 109 Å². The molecule has 0 radical (unpaired) electrons. The molecule has 2 nitrogen and oxygen atoms in total. The van der Waals surface area contributed by atoms with Crippen molar-refractivity contribution in [2.75, 3.05) is 10.6 Å². The summed E-state index contributed by atoms with van der Waals surface area (Å²) in [5, 5.41) is 6.86. The van der Waals surface area contributed by atoms with Gasteiger partial charge in [0.25, 0.3) is 0 Å². The van der Waals surface area contributed by atoms with Crippen LogP contribution in [-0.2, 0) is 0 Å². The number of nitrogens with one attached hydrogen (secondary N) is 2. The Labute approximate surface area is 154 Å². The highest BCUT2D eigenvalue weighted by Gasteiger charge is 2.01. The van der Waals surface area contributed by atoms with Crippen LogP contribution in [0.25, 0.3) is 11.1 Å². The van der Waals surface area contributed by atoms with Crippen LogP contribution in [0.2, 0.25) is 0 Å². The minimum Gasteiger partial charge on any atom is -0.356 e. The molecular weight excluding hydrogens is 316 g/mol. The molecule has 2 heteroatoms. The summed E-state index contributed by atoms with van der Waals surface area (Å²) in [6.07, 6.45) is 0. The Kier molecular flexibility index (Phi) is 4.66. The smallest absolute Gasteiger partial charge is 0.0390 e. The quantitative estimate of drug-likeness (QED) is 0.417. The van der Waals surface area contributed by atoms with Gasteiger partial charge < -0.3 is 10.6 Å². The zero-order valence-corrected chi connectivity index (χ0v) is 14.4. The van der Waals surface area contributed by atoms with Gasteiger partial charge in [0.15, 0.2) is 0 Å². The van der Waals surface area contributed by atoms with Crippen LogP contribution >= 0.6 is 0 Å². The van der Waals surface area contributed by atoms with E-state index in [1.165, 1.54) is 11.1 Å². The van der Waals surface area contributed by atoms with Crippen molar-refractivity contribution in [3.8, 4) is 11.1 Å². The molecular formula is C24H20N2. The lowest BCUT2D eigenvalue weighted by atomic mass is 10.0. The highest BCUT2D eigenvalue weighted by atomic mass is 14.9. The lowest BCUT2D eigenvalue weighted by molar-refractivity contribution is 1.52. The van der Waals surface area contributed by atoms with Crippen LogP contribution in [0.1, 0.15) is 0 Å². The first-order valence-corrected chi connectivity index (χ1v) is 8.71. The standard InChI is InChI=1S/C24H20N2/c1-3-9-21(10-4-1)25-23-16-14-19(15-17-23)20-8-7-13-24(18-20)26-22-11-5-2-6-12-22/h1-18,25-26H. The van der Waals surface area contributed by atoms with E-state index in [0.29, 0.717) is 0 Å². The van der Waals surface area contributed by atoms with Crippen molar-refractivity contribution in [2.24, 2.45) is 0 Å². The Bertz CT molecular complexity index is 962. The summed E-state index contributed by atoms with van der Waals surface area (Å²) in [7, 11) is 0. The topological polar surface area (TPSA) is 24.1 Å². The lowest BCUT2D eigenvalue weighted by Crippen LogP contribution is -1.91. The molecule has 0 heterocycles. The molecule has 0 aliphatic heterocycles. The molecule has 4 aromatic carbocycles. The van der Waals surface area contributed by atoms with Gasteiger partial charge in [-0.05, 0) is 59.7 Å². The fraction of sp³-hybridized carbons (Fsp3) is 0. The van der Waals surface area contributed by atoms with Crippen LogP contribution < -0.4 is 10.6 Å². The predicted molar refractivity (Wildman–Crippen MR) is 111 cm³/mol. The Morgan fingerprint density at radius 2 is 0.846 bits per heavy atom. The molecule has 4 rings (SSSR count). The second-order valence-corrected chi connectivity index (χ2v) is 6.14. The van der Waals surface area contributed by atoms with Crippen LogP contribution in [0, 0.1) is 0 Å². The van der Waals surface area contributed by atoms with E-state index in [4.69, 9.17) is 0 Å². The van der Waals surface area contributed by atoms with Gasteiger partial charge in [0.1, 0.15) is 0 Å². The van der Waals surface area contributed by atoms with Crippen molar-refractivity contribution in [3.63, 3.8) is 0 Å². The molecule has 0 unspecified atom stereocenters. The van der Waals surface area contributed by atoms with Crippen molar-refractivity contribution in [1.82, 2.24) is 0 Å². The third-order valence-electron chi connectivity index (χ3n) is 4.21. The Morgan fingerprint density at radius 1 is 0.346 bits per heavy atom. The van der Waals surface area contributed by atoms with Gasteiger partial charge in [-0.25, -0.2) is 0 Å². The molecule has 0 fully saturated rings. The van der Waals surface area contributed by atoms with Gasteiger partial charge in [-0.15, -0.1) is 0 Å². The van der Waals surface area contributed by atoms with Crippen molar-refractivity contribution in [3.05, 3.63) is 109 Å². The molecule has 126 valence electrons. The predicted octanol–water partition coefficient (Wildman–Crippen LogP) is 6.84. The number of rotatable bonds is 5. The monoisotopic (exact) mass is 336 g/mol. The van der Waals surface area contributed by atoms with Crippen LogP contribution in [0.3, 0.4) is 0 Å². The molecule has 0 aromatic heterocycles. The fourth-order valence-corrected chi connectivity index (χ4v) is 2.90. The zero-order valence-electron chi connectivity index (χ0n) is 14.4. The summed E-state index contributed by atoms with van der Waals surface area (Å²) in [6.45, 7) is 0. The number of benzene rings is 4. The maximum atomic E-state index is 3.45. The van der Waals surface area contributed by atoms with E-state index in [1.54, 1.807) is 0 Å². The van der Waals surface area contributed by atoms with Crippen molar-refractivity contribution < 1.29 is 0 Å². The number of hydrogen-bond acceptors (Lipinski definition) is 2. The molecule has 0 atom stereocenters. The van der Waals surface area contributed by atoms with E-state index in [0.717, 1.165) is 22.7 Å². The molecule has 0 amide bonds. The van der Waals surface area contributed by atoms with Crippen LogP contribution in [0.5, 0.6) is 0 Å². The second-order valence-electron chi connectivity index (χ2n) is 6.14. The molecule has 0 spiro atoms. The molecule has 26 heavy (non-hydrogen) atoms. The Balaban J connectivity index is 1.51. The van der Waals surface area contributed by atoms with Crippen molar-refractivity contribution in [2.45, 2.75) is 0 Å². The maximum absolute atomic E-state index is 3.45. The van der Waals surface area contributed by atoms with E-state index in [1.807, 2.05) is 36.4 Å². The molecule has 0 saturated carbocycles. The van der Waals surface area contributed by atoms with Gasteiger partial charge >= 0.3 is 0 Å². The van der Waals surface area contributed by atoms with Gasteiger partial charge in [0.2, 0.25) is 0 Å². The normalized spacial score (nSPS) is 10.3. The fourth-order valence-electron chi connectivity index (χ4n) is 2.90. The van der Waals surface area contributed by atoms with Gasteiger partial charge in [-0.1, -0.05) is 60.7 Å². The van der Waals surface area contributed by atoms with Gasteiger partial charge in [0, 0.05) is 22.7 Å². The van der Waals surface area contributed by atoms with E-state index < -0.39 is 0 Å². The van der Waals surface area contributed by atoms with Crippen molar-refractivity contribution in [1.29, 1.82) is 0 Å². The summed E-state index contributed by atoms with van der Waals surface area (Å²) in [4.78, 5) is 0. The third-order valence-corrected chi connectivity index (χ3v) is 4.21. The molecule has 0 bridgehead atoms. The molecule has 0 aliphatic carbocycles. The molecule has 4 aromatic rings. The molecule has 0 saturated heterocycles. The van der Waals surface area contributed by atoms with Crippen LogP contribution in [-0.4, -0.2) is 0 Å².